The van der Waals surface area contributed by atoms with Crippen LogP contribution in [0.4, 0.5) is 5.69 Å². The Morgan fingerprint density at radius 2 is 2.33 bits per heavy atom. The maximum absolute atomic E-state index is 11.7. The number of aliphatic hydroxyl groups is 2. The lowest BCUT2D eigenvalue weighted by Gasteiger charge is -2.10. The van der Waals surface area contributed by atoms with Crippen molar-refractivity contribution in [1.82, 2.24) is 9.78 Å². The molecule has 0 saturated carbocycles. The standard InChI is InChI=1S/C11H18ClN3O3/c1-8(17)3-2-4-13-9-7-14-15(5-6-16)11(18)10(9)12/h7-8,13,16-17H,2-6H2,1H3. The molecule has 0 aliphatic heterocycles. The average molecular weight is 276 g/mol. The maximum Gasteiger partial charge on any atom is 0.287 e. The summed E-state index contributed by atoms with van der Waals surface area (Å²) in [7, 11) is 0. The summed E-state index contributed by atoms with van der Waals surface area (Å²) in [5, 5.41) is 24.8. The smallest absolute Gasteiger partial charge is 0.287 e. The molecule has 0 radical (unpaired) electrons. The Balaban J connectivity index is 2.62. The van der Waals surface area contributed by atoms with E-state index in [2.05, 4.69) is 10.4 Å². The number of anilines is 1. The highest BCUT2D eigenvalue weighted by Crippen LogP contribution is 2.15. The van der Waals surface area contributed by atoms with Crippen LogP contribution in [0.2, 0.25) is 5.02 Å². The zero-order valence-corrected chi connectivity index (χ0v) is 11.0. The molecule has 0 aromatic carbocycles. The van der Waals surface area contributed by atoms with Crippen molar-refractivity contribution < 1.29 is 10.2 Å². The number of hydrogen-bond acceptors (Lipinski definition) is 5. The summed E-state index contributed by atoms with van der Waals surface area (Å²) >= 11 is 5.91. The SMILES string of the molecule is CC(O)CCCNc1cnn(CCO)c(=O)c1Cl. The maximum atomic E-state index is 11.7. The van der Waals surface area contributed by atoms with E-state index >= 15 is 0 Å². The quantitative estimate of drug-likeness (QED) is 0.630. The van der Waals surface area contributed by atoms with Crippen LogP contribution in [-0.2, 0) is 6.54 Å². The van der Waals surface area contributed by atoms with Gasteiger partial charge in [0.2, 0.25) is 0 Å². The van der Waals surface area contributed by atoms with Gasteiger partial charge in [-0.3, -0.25) is 4.79 Å². The van der Waals surface area contributed by atoms with Crippen LogP contribution in [0.1, 0.15) is 19.8 Å². The van der Waals surface area contributed by atoms with Crippen LogP contribution in [-0.4, -0.2) is 39.2 Å². The van der Waals surface area contributed by atoms with Crippen LogP contribution in [0.25, 0.3) is 0 Å². The van der Waals surface area contributed by atoms with Crippen molar-refractivity contribution in [2.75, 3.05) is 18.5 Å². The third kappa shape index (κ3) is 4.29. The molecule has 1 rings (SSSR count). The molecule has 0 fully saturated rings. The molecule has 18 heavy (non-hydrogen) atoms. The van der Waals surface area contributed by atoms with Crippen LogP contribution < -0.4 is 10.9 Å². The summed E-state index contributed by atoms with van der Waals surface area (Å²) in [6.07, 6.45) is 2.58. The van der Waals surface area contributed by atoms with E-state index in [0.29, 0.717) is 18.7 Å². The van der Waals surface area contributed by atoms with Gasteiger partial charge in [0, 0.05) is 6.54 Å². The van der Waals surface area contributed by atoms with Crippen molar-refractivity contribution in [2.24, 2.45) is 0 Å². The average Bonchev–Trinajstić information content (AvgIpc) is 2.33. The second kappa shape index (κ2) is 7.35. The molecule has 7 heteroatoms. The number of nitrogens with zero attached hydrogens (tertiary/aromatic N) is 2. The predicted molar refractivity (Wildman–Crippen MR) is 70.0 cm³/mol. The van der Waals surface area contributed by atoms with Crippen molar-refractivity contribution in [3.05, 3.63) is 21.6 Å². The molecule has 0 aliphatic carbocycles. The Morgan fingerprint density at radius 3 is 2.94 bits per heavy atom. The van der Waals surface area contributed by atoms with Crippen LogP contribution in [0.15, 0.2) is 11.0 Å². The molecule has 0 bridgehead atoms. The van der Waals surface area contributed by atoms with Gasteiger partial charge < -0.3 is 15.5 Å². The molecule has 6 nitrogen and oxygen atoms in total. The van der Waals surface area contributed by atoms with Crippen LogP contribution >= 0.6 is 11.6 Å². The zero-order valence-electron chi connectivity index (χ0n) is 10.3. The van der Waals surface area contributed by atoms with E-state index in [4.69, 9.17) is 21.8 Å². The highest BCUT2D eigenvalue weighted by atomic mass is 35.5. The van der Waals surface area contributed by atoms with Gasteiger partial charge in [0.15, 0.2) is 0 Å². The number of aromatic nitrogens is 2. The minimum atomic E-state index is -0.425. The molecule has 1 aromatic heterocycles. The molecule has 1 heterocycles. The molecule has 1 aromatic rings. The third-order valence-corrected chi connectivity index (χ3v) is 2.78. The number of nitrogens with one attached hydrogen (secondary N) is 1. The third-order valence-electron chi connectivity index (χ3n) is 2.41. The molecule has 3 N–H and O–H groups in total. The summed E-state index contributed by atoms with van der Waals surface area (Å²) < 4.78 is 1.11. The molecule has 102 valence electrons. The topological polar surface area (TPSA) is 87.4 Å². The van der Waals surface area contributed by atoms with E-state index in [1.165, 1.54) is 6.20 Å². The van der Waals surface area contributed by atoms with Gasteiger partial charge in [0.05, 0.1) is 31.1 Å². The van der Waals surface area contributed by atoms with E-state index in [-0.39, 0.29) is 24.3 Å². The first kappa shape index (κ1) is 14.9. The van der Waals surface area contributed by atoms with Gasteiger partial charge in [0.25, 0.3) is 5.56 Å². The van der Waals surface area contributed by atoms with Crippen LogP contribution in [0.5, 0.6) is 0 Å². The van der Waals surface area contributed by atoms with E-state index in [1.54, 1.807) is 6.92 Å². The van der Waals surface area contributed by atoms with E-state index in [1.807, 2.05) is 0 Å². The van der Waals surface area contributed by atoms with Gasteiger partial charge in [0.1, 0.15) is 5.02 Å². The summed E-state index contributed by atoms with van der Waals surface area (Å²) in [5.41, 5.74) is 0.0488. The van der Waals surface area contributed by atoms with Gasteiger partial charge >= 0.3 is 0 Å². The minimum absolute atomic E-state index is 0.0653. The van der Waals surface area contributed by atoms with Gasteiger partial charge in [-0.2, -0.15) is 5.10 Å². The van der Waals surface area contributed by atoms with E-state index < -0.39 is 5.56 Å². The van der Waals surface area contributed by atoms with E-state index in [0.717, 1.165) is 11.1 Å². The van der Waals surface area contributed by atoms with Crippen molar-refractivity contribution in [3.8, 4) is 0 Å². The first-order valence-corrected chi connectivity index (χ1v) is 6.22. The van der Waals surface area contributed by atoms with Crippen molar-refractivity contribution in [1.29, 1.82) is 0 Å². The normalized spacial score (nSPS) is 12.4. The second-order valence-electron chi connectivity index (χ2n) is 4.04. The molecule has 0 amide bonds. The Kier molecular flexibility index (Phi) is 6.11. The van der Waals surface area contributed by atoms with Crippen molar-refractivity contribution in [2.45, 2.75) is 32.4 Å². The van der Waals surface area contributed by atoms with Gasteiger partial charge in [-0.25, -0.2) is 4.68 Å². The molecular formula is C11H18ClN3O3. The minimum Gasteiger partial charge on any atom is -0.394 e. The summed E-state index contributed by atoms with van der Waals surface area (Å²) in [4.78, 5) is 11.7. The summed E-state index contributed by atoms with van der Waals surface area (Å²) in [6.45, 7) is 2.30. The molecular weight excluding hydrogens is 258 g/mol. The van der Waals surface area contributed by atoms with Crippen molar-refractivity contribution in [3.63, 3.8) is 0 Å². The largest absolute Gasteiger partial charge is 0.394 e. The first-order chi connectivity index (χ1) is 8.56. The predicted octanol–water partition coefficient (Wildman–Crippen LogP) is 0.462. The Bertz CT molecular complexity index is 434. The molecule has 1 unspecified atom stereocenters. The Hall–Kier alpha value is -1.11. The molecule has 0 saturated heterocycles. The van der Waals surface area contributed by atoms with Gasteiger partial charge in [-0.1, -0.05) is 11.6 Å². The fourth-order valence-electron chi connectivity index (χ4n) is 1.46. The highest BCUT2D eigenvalue weighted by Gasteiger charge is 2.08. The number of hydrogen-bond donors (Lipinski definition) is 3. The number of rotatable bonds is 7. The Labute approximate surface area is 110 Å². The summed E-state index contributed by atoms with van der Waals surface area (Å²) in [5.74, 6) is 0. The second-order valence-corrected chi connectivity index (χ2v) is 4.42. The molecule has 0 aliphatic rings. The van der Waals surface area contributed by atoms with E-state index in [9.17, 15) is 4.79 Å². The lowest BCUT2D eigenvalue weighted by atomic mass is 10.2. The molecule has 0 spiro atoms. The number of halogens is 1. The number of aliphatic hydroxyl groups excluding tert-OH is 2. The van der Waals surface area contributed by atoms with Crippen LogP contribution in [0.3, 0.4) is 0 Å². The Morgan fingerprint density at radius 1 is 1.61 bits per heavy atom. The van der Waals surface area contributed by atoms with Crippen molar-refractivity contribution >= 4 is 17.3 Å². The lowest BCUT2D eigenvalue weighted by molar-refractivity contribution is 0.183. The highest BCUT2D eigenvalue weighted by molar-refractivity contribution is 6.32. The fraction of sp³-hybridized carbons (Fsp3) is 0.636. The van der Waals surface area contributed by atoms with Crippen LogP contribution in [0, 0.1) is 0 Å². The summed E-state index contributed by atoms with van der Waals surface area (Å²) in [6, 6.07) is 0. The monoisotopic (exact) mass is 275 g/mol. The fourth-order valence-corrected chi connectivity index (χ4v) is 1.68. The van der Waals surface area contributed by atoms with Gasteiger partial charge in [-0.05, 0) is 19.8 Å². The first-order valence-electron chi connectivity index (χ1n) is 5.84. The lowest BCUT2D eigenvalue weighted by Crippen LogP contribution is -2.25. The molecule has 1 atom stereocenters. The van der Waals surface area contributed by atoms with Gasteiger partial charge in [-0.15, -0.1) is 0 Å². The zero-order chi connectivity index (χ0) is 13.5.